The van der Waals surface area contributed by atoms with E-state index in [4.69, 9.17) is 0 Å². The first-order valence-electron chi connectivity index (χ1n) is 7.40. The Labute approximate surface area is 121 Å². The number of rotatable bonds is 3. The fourth-order valence-corrected chi connectivity index (χ4v) is 5.37. The Hall–Kier alpha value is -0.660. The summed E-state index contributed by atoms with van der Waals surface area (Å²) < 4.78 is 28.6. The molecular weight excluding hydrogens is 278 g/mol. The molecule has 0 spiro atoms. The molecular formula is C13H25N3O3S. The largest absolute Gasteiger partial charge is 0.353 e. The highest BCUT2D eigenvalue weighted by Gasteiger charge is 2.41. The molecule has 0 aromatic rings. The van der Waals surface area contributed by atoms with Crippen molar-refractivity contribution in [3.8, 4) is 0 Å². The third-order valence-electron chi connectivity index (χ3n) is 4.13. The van der Waals surface area contributed by atoms with Gasteiger partial charge in [0.15, 0.2) is 0 Å². The highest BCUT2D eigenvalue weighted by atomic mass is 32.2. The molecule has 0 radical (unpaired) electrons. The summed E-state index contributed by atoms with van der Waals surface area (Å²) in [6, 6.07) is -0.568. The van der Waals surface area contributed by atoms with Gasteiger partial charge in [-0.15, -0.1) is 0 Å². The zero-order valence-corrected chi connectivity index (χ0v) is 13.3. The third-order valence-corrected chi connectivity index (χ3v) is 6.11. The number of nitrogens with one attached hydrogen (secondary N) is 1. The second kappa shape index (κ2) is 5.99. The van der Waals surface area contributed by atoms with E-state index < -0.39 is 16.3 Å². The number of carbonyl (C=O) groups excluding carboxylic acids is 1. The molecule has 1 amide bonds. The lowest BCUT2D eigenvalue weighted by Gasteiger charge is -2.40. The van der Waals surface area contributed by atoms with Gasteiger partial charge in [0.1, 0.15) is 6.04 Å². The van der Waals surface area contributed by atoms with Crippen LogP contribution in [-0.2, 0) is 15.0 Å². The highest BCUT2D eigenvalue weighted by molar-refractivity contribution is 7.86. The molecule has 2 heterocycles. The van der Waals surface area contributed by atoms with Crippen molar-refractivity contribution in [3.63, 3.8) is 0 Å². The lowest BCUT2D eigenvalue weighted by atomic mass is 9.94. The maximum atomic E-state index is 12.8. The fourth-order valence-electron chi connectivity index (χ4n) is 3.30. The molecule has 2 saturated heterocycles. The molecule has 2 fully saturated rings. The molecule has 2 aliphatic rings. The van der Waals surface area contributed by atoms with Gasteiger partial charge in [-0.3, -0.25) is 4.79 Å². The van der Waals surface area contributed by atoms with Crippen LogP contribution in [0.5, 0.6) is 0 Å². The summed E-state index contributed by atoms with van der Waals surface area (Å²) in [4.78, 5) is 11.9. The molecule has 116 valence electrons. The molecule has 3 unspecified atom stereocenters. The van der Waals surface area contributed by atoms with E-state index in [0.29, 0.717) is 44.4 Å². The van der Waals surface area contributed by atoms with E-state index in [1.165, 1.54) is 4.31 Å². The summed E-state index contributed by atoms with van der Waals surface area (Å²) in [5, 5.41) is 2.74. The zero-order valence-electron chi connectivity index (χ0n) is 12.5. The minimum Gasteiger partial charge on any atom is -0.353 e. The van der Waals surface area contributed by atoms with Crippen molar-refractivity contribution in [1.29, 1.82) is 0 Å². The first-order chi connectivity index (χ1) is 9.36. The van der Waals surface area contributed by atoms with Crippen molar-refractivity contribution in [2.75, 3.05) is 26.2 Å². The SMILES string of the molecule is CCC1C(=O)NCCN1S(=O)(=O)N1CC(C)CC(C)C1. The van der Waals surface area contributed by atoms with Crippen molar-refractivity contribution in [3.05, 3.63) is 0 Å². The number of hydrogen-bond acceptors (Lipinski definition) is 3. The van der Waals surface area contributed by atoms with Crippen LogP contribution in [-0.4, -0.2) is 55.2 Å². The molecule has 1 N–H and O–H groups in total. The Morgan fingerprint density at radius 3 is 2.40 bits per heavy atom. The van der Waals surface area contributed by atoms with Crippen LogP contribution in [0.4, 0.5) is 0 Å². The van der Waals surface area contributed by atoms with Gasteiger partial charge in [0, 0.05) is 26.2 Å². The molecule has 2 rings (SSSR count). The van der Waals surface area contributed by atoms with E-state index in [1.807, 2.05) is 6.92 Å². The van der Waals surface area contributed by atoms with Gasteiger partial charge in [-0.1, -0.05) is 20.8 Å². The van der Waals surface area contributed by atoms with Gasteiger partial charge in [-0.2, -0.15) is 17.0 Å². The minimum atomic E-state index is -3.54. The Bertz CT molecular complexity index is 455. The molecule has 0 bridgehead atoms. The second-order valence-corrected chi connectivity index (χ2v) is 7.98. The predicted octanol–water partition coefficient (Wildman–Crippen LogP) is 0.420. The Morgan fingerprint density at radius 1 is 1.25 bits per heavy atom. The topological polar surface area (TPSA) is 69.7 Å². The first-order valence-corrected chi connectivity index (χ1v) is 8.80. The van der Waals surface area contributed by atoms with E-state index >= 15 is 0 Å². The van der Waals surface area contributed by atoms with Crippen LogP contribution < -0.4 is 5.32 Å². The molecule has 6 nitrogen and oxygen atoms in total. The lowest BCUT2D eigenvalue weighted by Crippen LogP contribution is -2.61. The Morgan fingerprint density at radius 2 is 1.85 bits per heavy atom. The molecule has 0 saturated carbocycles. The van der Waals surface area contributed by atoms with Crippen molar-refractivity contribution in [2.45, 2.75) is 39.7 Å². The van der Waals surface area contributed by atoms with Crippen LogP contribution >= 0.6 is 0 Å². The van der Waals surface area contributed by atoms with Crippen molar-refractivity contribution in [2.24, 2.45) is 11.8 Å². The van der Waals surface area contributed by atoms with Gasteiger partial charge in [-0.05, 0) is 24.7 Å². The smallest absolute Gasteiger partial charge is 0.282 e. The number of piperazine rings is 1. The minimum absolute atomic E-state index is 0.180. The molecule has 0 aromatic heterocycles. The van der Waals surface area contributed by atoms with Gasteiger partial charge in [-0.25, -0.2) is 0 Å². The van der Waals surface area contributed by atoms with Gasteiger partial charge < -0.3 is 5.32 Å². The van der Waals surface area contributed by atoms with Crippen molar-refractivity contribution >= 4 is 16.1 Å². The monoisotopic (exact) mass is 303 g/mol. The van der Waals surface area contributed by atoms with Gasteiger partial charge in [0.25, 0.3) is 10.2 Å². The number of nitrogens with zero attached hydrogens (tertiary/aromatic N) is 2. The van der Waals surface area contributed by atoms with Crippen LogP contribution in [0.25, 0.3) is 0 Å². The summed E-state index contributed by atoms with van der Waals surface area (Å²) >= 11 is 0. The molecule has 3 atom stereocenters. The van der Waals surface area contributed by atoms with E-state index in [0.717, 1.165) is 6.42 Å². The van der Waals surface area contributed by atoms with E-state index in [-0.39, 0.29) is 5.91 Å². The molecule has 0 aliphatic carbocycles. The Balaban J connectivity index is 2.22. The standard InChI is InChI=1S/C13H25N3O3S/c1-4-12-13(17)14-5-6-16(12)20(18,19)15-8-10(2)7-11(3)9-15/h10-12H,4-9H2,1-3H3,(H,14,17). The summed E-state index contributed by atoms with van der Waals surface area (Å²) in [7, 11) is -3.54. The number of carbonyl (C=O) groups is 1. The quantitative estimate of drug-likeness (QED) is 0.821. The van der Waals surface area contributed by atoms with Crippen LogP contribution in [0, 0.1) is 11.8 Å². The summed E-state index contributed by atoms with van der Waals surface area (Å²) in [6.45, 7) is 7.89. The summed E-state index contributed by atoms with van der Waals surface area (Å²) in [6.07, 6.45) is 1.56. The first kappa shape index (κ1) is 15.7. The molecule has 2 aliphatic heterocycles. The van der Waals surface area contributed by atoms with E-state index in [2.05, 4.69) is 19.2 Å². The molecule has 7 heteroatoms. The van der Waals surface area contributed by atoms with Gasteiger partial charge in [0.05, 0.1) is 0 Å². The van der Waals surface area contributed by atoms with Crippen LogP contribution in [0.1, 0.15) is 33.6 Å². The number of piperidine rings is 1. The van der Waals surface area contributed by atoms with E-state index in [1.54, 1.807) is 4.31 Å². The predicted molar refractivity (Wildman–Crippen MR) is 77.2 cm³/mol. The van der Waals surface area contributed by atoms with Crippen LogP contribution in [0.3, 0.4) is 0 Å². The summed E-state index contributed by atoms with van der Waals surface area (Å²) in [5.74, 6) is 0.555. The number of amides is 1. The maximum absolute atomic E-state index is 12.8. The highest BCUT2D eigenvalue weighted by Crippen LogP contribution is 2.26. The van der Waals surface area contributed by atoms with Crippen LogP contribution in [0.15, 0.2) is 0 Å². The lowest BCUT2D eigenvalue weighted by molar-refractivity contribution is -0.126. The van der Waals surface area contributed by atoms with Gasteiger partial charge >= 0.3 is 0 Å². The van der Waals surface area contributed by atoms with Crippen LogP contribution in [0.2, 0.25) is 0 Å². The van der Waals surface area contributed by atoms with Crippen molar-refractivity contribution in [1.82, 2.24) is 13.9 Å². The van der Waals surface area contributed by atoms with E-state index in [9.17, 15) is 13.2 Å². The van der Waals surface area contributed by atoms with Crippen molar-refractivity contribution < 1.29 is 13.2 Å². The third kappa shape index (κ3) is 2.99. The Kier molecular flexibility index (Phi) is 4.71. The summed E-state index contributed by atoms with van der Waals surface area (Å²) in [5.41, 5.74) is 0. The second-order valence-electron chi connectivity index (χ2n) is 6.10. The molecule has 20 heavy (non-hydrogen) atoms. The molecule has 0 aromatic carbocycles. The number of hydrogen-bond donors (Lipinski definition) is 1. The maximum Gasteiger partial charge on any atom is 0.282 e. The fraction of sp³-hybridized carbons (Fsp3) is 0.923. The normalized spacial score (nSPS) is 34.0. The zero-order chi connectivity index (χ0) is 14.9. The van der Waals surface area contributed by atoms with Gasteiger partial charge in [0.2, 0.25) is 5.91 Å². The average Bonchev–Trinajstić information content (AvgIpc) is 2.37. The average molecular weight is 303 g/mol.